The van der Waals surface area contributed by atoms with Gasteiger partial charge in [0.1, 0.15) is 11.3 Å². The quantitative estimate of drug-likeness (QED) is 0.609. The highest BCUT2D eigenvalue weighted by molar-refractivity contribution is 5.80. The van der Waals surface area contributed by atoms with Crippen LogP contribution in [0.5, 0.6) is 5.75 Å². The van der Waals surface area contributed by atoms with Crippen molar-refractivity contribution < 1.29 is 9.15 Å². The van der Waals surface area contributed by atoms with Crippen LogP contribution in [-0.4, -0.2) is 18.1 Å². The van der Waals surface area contributed by atoms with Crippen molar-refractivity contribution in [3.63, 3.8) is 0 Å². The molecule has 2 aromatic carbocycles. The predicted octanol–water partition coefficient (Wildman–Crippen LogP) is 4.84. The van der Waals surface area contributed by atoms with E-state index in [9.17, 15) is 4.79 Å². The Hall–Kier alpha value is -2.59. The van der Waals surface area contributed by atoms with Gasteiger partial charge in [-0.05, 0) is 68.1 Å². The van der Waals surface area contributed by atoms with Crippen LogP contribution in [0.2, 0.25) is 0 Å². The Morgan fingerprint density at radius 1 is 1.15 bits per heavy atom. The molecule has 27 heavy (non-hydrogen) atoms. The van der Waals surface area contributed by atoms with Crippen molar-refractivity contribution >= 4 is 11.0 Å². The first-order valence-electron chi connectivity index (χ1n) is 9.64. The molecule has 4 heteroatoms. The van der Waals surface area contributed by atoms with Gasteiger partial charge in [-0.1, -0.05) is 24.3 Å². The molecule has 4 nitrogen and oxygen atoms in total. The van der Waals surface area contributed by atoms with Gasteiger partial charge in [-0.25, -0.2) is 4.79 Å². The van der Waals surface area contributed by atoms with E-state index >= 15 is 0 Å². The van der Waals surface area contributed by atoms with Crippen molar-refractivity contribution in [1.82, 2.24) is 4.90 Å². The zero-order valence-corrected chi connectivity index (χ0v) is 15.9. The molecule has 140 valence electrons. The lowest BCUT2D eigenvalue weighted by molar-refractivity contribution is 0.248. The van der Waals surface area contributed by atoms with E-state index in [2.05, 4.69) is 29.2 Å². The second kappa shape index (κ2) is 7.57. The van der Waals surface area contributed by atoms with Crippen molar-refractivity contribution in [2.75, 3.05) is 13.2 Å². The summed E-state index contributed by atoms with van der Waals surface area (Å²) in [7, 11) is 0. The normalized spacial score (nSPS) is 17.5. The number of rotatable bonds is 5. The van der Waals surface area contributed by atoms with Gasteiger partial charge >= 0.3 is 5.63 Å². The van der Waals surface area contributed by atoms with Crippen LogP contribution in [0.25, 0.3) is 11.0 Å². The standard InChI is InChI=1S/C23H25NO3/c1-3-26-19-9-7-17(8-10-19)21-5-4-12-24(21)15-18-14-23(25)27-22-13-16(2)6-11-20(18)22/h6-11,13-14,21H,3-5,12,15H2,1-2H3/t21-/m0/s1. The number of aryl methyl sites for hydroxylation is 1. The lowest BCUT2D eigenvalue weighted by atomic mass is 10.0. The highest BCUT2D eigenvalue weighted by atomic mass is 16.5. The molecule has 1 atom stereocenters. The molecule has 0 amide bonds. The van der Waals surface area contributed by atoms with Crippen molar-refractivity contribution in [2.45, 2.75) is 39.3 Å². The van der Waals surface area contributed by atoms with Gasteiger partial charge in [-0.3, -0.25) is 4.90 Å². The summed E-state index contributed by atoms with van der Waals surface area (Å²) in [4.78, 5) is 14.5. The highest BCUT2D eigenvalue weighted by Gasteiger charge is 2.26. The van der Waals surface area contributed by atoms with Gasteiger partial charge in [-0.15, -0.1) is 0 Å². The van der Waals surface area contributed by atoms with Gasteiger partial charge in [0.05, 0.1) is 6.61 Å². The smallest absolute Gasteiger partial charge is 0.336 e. The van der Waals surface area contributed by atoms with Crippen LogP contribution >= 0.6 is 0 Å². The largest absolute Gasteiger partial charge is 0.494 e. The molecule has 0 N–H and O–H groups in total. The van der Waals surface area contributed by atoms with E-state index in [1.54, 1.807) is 6.07 Å². The maximum absolute atomic E-state index is 12.0. The number of ether oxygens (including phenoxy) is 1. The van der Waals surface area contributed by atoms with Crippen molar-refractivity contribution in [2.24, 2.45) is 0 Å². The van der Waals surface area contributed by atoms with Crippen LogP contribution in [0, 0.1) is 6.92 Å². The minimum absolute atomic E-state index is 0.278. The second-order valence-electron chi connectivity index (χ2n) is 7.22. The topological polar surface area (TPSA) is 42.7 Å². The molecule has 1 aromatic heterocycles. The Morgan fingerprint density at radius 3 is 2.74 bits per heavy atom. The molecule has 4 rings (SSSR count). The Balaban J connectivity index is 1.62. The second-order valence-corrected chi connectivity index (χ2v) is 7.22. The Bertz CT molecular complexity index is 991. The first kappa shape index (κ1) is 17.8. The van der Waals surface area contributed by atoms with Crippen LogP contribution in [0.1, 0.15) is 42.5 Å². The van der Waals surface area contributed by atoms with Gasteiger partial charge in [0.2, 0.25) is 0 Å². The third-order valence-electron chi connectivity index (χ3n) is 5.30. The van der Waals surface area contributed by atoms with E-state index in [4.69, 9.17) is 9.15 Å². The summed E-state index contributed by atoms with van der Waals surface area (Å²) in [6, 6.07) is 16.5. The molecule has 0 unspecified atom stereocenters. The third kappa shape index (κ3) is 3.76. The van der Waals surface area contributed by atoms with E-state index in [1.165, 1.54) is 5.56 Å². The number of likely N-dealkylation sites (tertiary alicyclic amines) is 1. The predicted molar refractivity (Wildman–Crippen MR) is 107 cm³/mol. The summed E-state index contributed by atoms with van der Waals surface area (Å²) >= 11 is 0. The van der Waals surface area contributed by atoms with Crippen LogP contribution < -0.4 is 10.4 Å². The maximum Gasteiger partial charge on any atom is 0.336 e. The molecule has 0 saturated carbocycles. The molecule has 0 bridgehead atoms. The molecule has 3 aromatic rings. The number of hydrogen-bond acceptors (Lipinski definition) is 4. The fourth-order valence-electron chi connectivity index (χ4n) is 4.03. The first-order chi connectivity index (χ1) is 13.1. The summed E-state index contributed by atoms with van der Waals surface area (Å²) < 4.78 is 11.0. The fraction of sp³-hybridized carbons (Fsp3) is 0.348. The number of fused-ring (bicyclic) bond motifs is 1. The van der Waals surface area contributed by atoms with Crippen LogP contribution in [0.15, 0.2) is 57.7 Å². The van der Waals surface area contributed by atoms with E-state index in [0.717, 1.165) is 48.2 Å². The third-order valence-corrected chi connectivity index (χ3v) is 5.30. The van der Waals surface area contributed by atoms with Crippen molar-refractivity contribution in [1.29, 1.82) is 0 Å². The Kier molecular flexibility index (Phi) is 4.99. The van der Waals surface area contributed by atoms with Gasteiger partial charge in [0.25, 0.3) is 0 Å². The summed E-state index contributed by atoms with van der Waals surface area (Å²) in [6.45, 7) is 6.47. The van der Waals surface area contributed by atoms with Gasteiger partial charge in [0, 0.05) is 24.0 Å². The Morgan fingerprint density at radius 2 is 1.96 bits per heavy atom. The van der Waals surface area contributed by atoms with Crippen LogP contribution in [0.3, 0.4) is 0 Å². The summed E-state index contributed by atoms with van der Waals surface area (Å²) in [6.07, 6.45) is 2.29. The van der Waals surface area contributed by atoms with Crippen molar-refractivity contribution in [3.8, 4) is 5.75 Å². The highest BCUT2D eigenvalue weighted by Crippen LogP contribution is 2.34. The van der Waals surface area contributed by atoms with Crippen LogP contribution in [0.4, 0.5) is 0 Å². The lowest BCUT2D eigenvalue weighted by Crippen LogP contribution is -2.23. The zero-order chi connectivity index (χ0) is 18.8. The summed E-state index contributed by atoms with van der Waals surface area (Å²) in [5, 5.41) is 1.03. The van der Waals surface area contributed by atoms with Crippen LogP contribution in [-0.2, 0) is 6.54 Å². The monoisotopic (exact) mass is 363 g/mol. The molecule has 2 heterocycles. The summed E-state index contributed by atoms with van der Waals surface area (Å²) in [5.41, 5.74) is 3.84. The molecule has 0 radical (unpaired) electrons. The average Bonchev–Trinajstić information content (AvgIpc) is 3.10. The maximum atomic E-state index is 12.0. The van der Waals surface area contributed by atoms with E-state index in [0.29, 0.717) is 18.2 Å². The van der Waals surface area contributed by atoms with E-state index < -0.39 is 0 Å². The molecule has 1 fully saturated rings. The minimum Gasteiger partial charge on any atom is -0.494 e. The molecule has 1 saturated heterocycles. The fourth-order valence-corrected chi connectivity index (χ4v) is 4.03. The van der Waals surface area contributed by atoms with Gasteiger partial charge < -0.3 is 9.15 Å². The number of benzene rings is 2. The average molecular weight is 363 g/mol. The number of nitrogens with zero attached hydrogens (tertiary/aromatic N) is 1. The zero-order valence-electron chi connectivity index (χ0n) is 15.9. The van der Waals surface area contributed by atoms with Gasteiger partial charge in [-0.2, -0.15) is 0 Å². The lowest BCUT2D eigenvalue weighted by Gasteiger charge is -2.25. The van der Waals surface area contributed by atoms with E-state index in [-0.39, 0.29) is 5.63 Å². The molecular weight excluding hydrogens is 338 g/mol. The molecule has 0 spiro atoms. The SMILES string of the molecule is CCOc1ccc([C@@H]2CCCN2Cc2cc(=O)oc3cc(C)ccc23)cc1. The van der Waals surface area contributed by atoms with E-state index in [1.807, 2.05) is 32.0 Å². The Labute approximate surface area is 159 Å². The molecular formula is C23H25NO3. The molecule has 0 aliphatic carbocycles. The van der Waals surface area contributed by atoms with Crippen molar-refractivity contribution in [3.05, 3.63) is 75.6 Å². The molecule has 1 aliphatic rings. The van der Waals surface area contributed by atoms with Gasteiger partial charge in [0.15, 0.2) is 0 Å². The first-order valence-corrected chi connectivity index (χ1v) is 9.64. The molecule has 1 aliphatic heterocycles. The number of hydrogen-bond donors (Lipinski definition) is 0. The summed E-state index contributed by atoms with van der Waals surface area (Å²) in [5.74, 6) is 0.910. The minimum atomic E-state index is -0.278.